The molecule has 4 aliphatic heterocycles. The van der Waals surface area contributed by atoms with Crippen molar-refractivity contribution in [1.82, 2.24) is 15.7 Å². The maximum Gasteiger partial charge on any atom is 0.327 e. The number of amides is 2. The Morgan fingerprint density at radius 2 is 1.93 bits per heavy atom. The summed E-state index contributed by atoms with van der Waals surface area (Å²) in [6, 6.07) is 5.50. The van der Waals surface area contributed by atoms with Gasteiger partial charge >= 0.3 is 5.97 Å². The van der Waals surface area contributed by atoms with E-state index in [1.54, 1.807) is 0 Å². The molecule has 6 fully saturated rings. The number of aliphatic hydroxyl groups excluding tert-OH is 2. The molecule has 1 aromatic carbocycles. The fourth-order valence-corrected chi connectivity index (χ4v) is 7.57. The van der Waals surface area contributed by atoms with Gasteiger partial charge in [0.1, 0.15) is 42.7 Å². The Morgan fingerprint density at radius 3 is 2.68 bits per heavy atom. The summed E-state index contributed by atoms with van der Waals surface area (Å²) in [5.41, 5.74) is 0.456. The molecule has 0 aromatic heterocycles. The van der Waals surface area contributed by atoms with Gasteiger partial charge in [-0.2, -0.15) is 5.06 Å². The average Bonchev–Trinajstić information content (AvgIpc) is 3.44. The van der Waals surface area contributed by atoms with Crippen molar-refractivity contribution in [3.05, 3.63) is 41.5 Å². The molecule has 1 aromatic rings. The van der Waals surface area contributed by atoms with E-state index in [9.17, 15) is 19.5 Å². The van der Waals surface area contributed by atoms with Gasteiger partial charge < -0.3 is 39.8 Å². The van der Waals surface area contributed by atoms with Gasteiger partial charge in [0.2, 0.25) is 11.8 Å². The van der Waals surface area contributed by atoms with Crippen LogP contribution in [0.4, 0.5) is 0 Å². The maximum absolute atomic E-state index is 14.2. The summed E-state index contributed by atoms with van der Waals surface area (Å²) in [5.74, 6) is -1.39. The largest absolute Gasteiger partial charge is 0.458 e. The molecule has 44 heavy (non-hydrogen) atoms. The van der Waals surface area contributed by atoms with E-state index in [0.717, 1.165) is 30.4 Å². The van der Waals surface area contributed by atoms with Gasteiger partial charge in [0.15, 0.2) is 6.04 Å². The minimum absolute atomic E-state index is 0.0322. The number of carbonyl (C=O) groups excluding carboxylic acids is 3. The Morgan fingerprint density at radius 1 is 1.14 bits per heavy atom. The van der Waals surface area contributed by atoms with Crippen molar-refractivity contribution in [2.75, 3.05) is 19.9 Å². The SMILES string of the molecule is C[C@H](O)[C@@H](NC(=O)[C@@]12C[C@H]3OC(=O)[C@@H]1N(Cc1ccc(C=CC4CCC5OC5C4)cc1)O[C@@H]2[C@H]1OCO[C@H]13)C(=O)NCCO. The first-order valence-electron chi connectivity index (χ1n) is 15.5. The summed E-state index contributed by atoms with van der Waals surface area (Å²) in [6.07, 6.45) is 4.55. The quantitative estimate of drug-likeness (QED) is 0.203. The Bertz CT molecular complexity index is 1310. The highest BCUT2D eigenvalue weighted by molar-refractivity contribution is 5.96. The Hall–Kier alpha value is -2.91. The first-order chi connectivity index (χ1) is 21.3. The van der Waals surface area contributed by atoms with Crippen LogP contribution in [0.25, 0.3) is 6.08 Å². The van der Waals surface area contributed by atoms with Crippen LogP contribution in [0, 0.1) is 11.3 Å². The van der Waals surface area contributed by atoms with Crippen LogP contribution in [-0.4, -0.2) is 108 Å². The van der Waals surface area contributed by atoms with Crippen LogP contribution < -0.4 is 10.6 Å². The first-order valence-corrected chi connectivity index (χ1v) is 15.5. The van der Waals surface area contributed by atoms with Crippen LogP contribution in [-0.2, 0) is 44.7 Å². The molecular weight excluding hydrogens is 574 g/mol. The Kier molecular flexibility index (Phi) is 7.98. The van der Waals surface area contributed by atoms with Crippen LogP contribution >= 0.6 is 0 Å². The molecule has 4 saturated heterocycles. The number of rotatable bonds is 10. The molecule has 3 unspecified atom stereocenters. The lowest BCUT2D eigenvalue weighted by Crippen LogP contribution is -2.71. The highest BCUT2D eigenvalue weighted by atomic mass is 16.8. The minimum Gasteiger partial charge on any atom is -0.458 e. The van der Waals surface area contributed by atoms with Gasteiger partial charge in [-0.25, -0.2) is 0 Å². The van der Waals surface area contributed by atoms with Gasteiger partial charge in [0.05, 0.1) is 31.5 Å². The smallest absolute Gasteiger partial charge is 0.327 e. The van der Waals surface area contributed by atoms with Crippen molar-refractivity contribution in [3.63, 3.8) is 0 Å². The van der Waals surface area contributed by atoms with Gasteiger partial charge in [0, 0.05) is 13.0 Å². The number of esters is 1. The standard InChI is InChI=1S/C31H39N3O10/c1-16(36)23(28(37)32-10-11-35)33-30(39)31-13-22-24-25(41-15-40-24)27(31)44-34(26(31)29(38)43-22)14-19-6-3-17(4-7-19)2-5-18-8-9-20-21(12-18)42-20/h2-7,16,18,20-27,35-36H,8-15H2,1H3,(H,32,37)(H,33,39)/t16-,18?,20?,21?,22+,23+,24-,25-,26-,27+,31-/m0/s1. The summed E-state index contributed by atoms with van der Waals surface area (Å²) in [7, 11) is 0. The number of nitrogens with one attached hydrogen (secondary N) is 2. The summed E-state index contributed by atoms with van der Waals surface area (Å²) < 4.78 is 23.0. The third kappa shape index (κ3) is 5.23. The summed E-state index contributed by atoms with van der Waals surface area (Å²) >= 11 is 0. The van der Waals surface area contributed by atoms with E-state index in [-0.39, 0.29) is 32.9 Å². The molecule has 2 saturated carbocycles. The predicted octanol–water partition coefficient (Wildman–Crippen LogP) is -0.217. The van der Waals surface area contributed by atoms with Crippen molar-refractivity contribution in [1.29, 1.82) is 0 Å². The number of nitrogens with zero attached hydrogens (tertiary/aromatic N) is 1. The van der Waals surface area contributed by atoms with Crippen LogP contribution in [0.3, 0.4) is 0 Å². The molecule has 2 bridgehead atoms. The molecule has 2 amide bonds. The van der Waals surface area contributed by atoms with E-state index in [1.165, 1.54) is 12.0 Å². The highest BCUT2D eigenvalue weighted by Gasteiger charge is 2.74. The summed E-state index contributed by atoms with van der Waals surface area (Å²) in [5, 5.41) is 26.1. The number of allylic oxidation sites excluding steroid dienone is 1. The number of hydrogen-bond acceptors (Lipinski definition) is 11. The van der Waals surface area contributed by atoms with Crippen LogP contribution in [0.2, 0.25) is 0 Å². The lowest BCUT2D eigenvalue weighted by atomic mass is 9.62. The number of fused-ring (bicyclic) bond motifs is 5. The summed E-state index contributed by atoms with van der Waals surface area (Å²) in [4.78, 5) is 46.9. The van der Waals surface area contributed by atoms with Crippen LogP contribution in [0.15, 0.2) is 30.3 Å². The van der Waals surface area contributed by atoms with E-state index in [2.05, 4.69) is 22.8 Å². The second kappa shape index (κ2) is 11.8. The molecule has 238 valence electrons. The molecule has 13 heteroatoms. The van der Waals surface area contributed by atoms with Crippen molar-refractivity contribution in [3.8, 4) is 0 Å². The van der Waals surface area contributed by atoms with Crippen molar-refractivity contribution >= 4 is 23.9 Å². The van der Waals surface area contributed by atoms with Crippen molar-refractivity contribution in [2.24, 2.45) is 11.3 Å². The zero-order valence-corrected chi connectivity index (χ0v) is 24.5. The van der Waals surface area contributed by atoms with E-state index < -0.39 is 65.8 Å². The zero-order valence-electron chi connectivity index (χ0n) is 24.5. The molecular formula is C31H39N3O10. The predicted molar refractivity (Wildman–Crippen MR) is 151 cm³/mol. The van der Waals surface area contributed by atoms with E-state index in [1.807, 2.05) is 24.3 Å². The molecule has 0 radical (unpaired) electrons. The van der Waals surface area contributed by atoms with Gasteiger partial charge in [-0.3, -0.25) is 19.2 Å². The lowest BCUT2D eigenvalue weighted by molar-refractivity contribution is -0.201. The molecule has 7 rings (SSSR count). The van der Waals surface area contributed by atoms with Gasteiger partial charge in [-0.1, -0.05) is 36.4 Å². The number of epoxide rings is 1. The maximum atomic E-state index is 14.2. The minimum atomic E-state index is -1.47. The highest BCUT2D eigenvalue weighted by Crippen LogP contribution is 2.55. The Balaban J connectivity index is 1.12. The van der Waals surface area contributed by atoms with Gasteiger partial charge in [-0.05, 0) is 43.2 Å². The zero-order chi connectivity index (χ0) is 30.6. The molecule has 11 atom stereocenters. The molecule has 0 spiro atoms. The topological polar surface area (TPSA) is 168 Å². The fraction of sp³-hybridized carbons (Fsp3) is 0.645. The van der Waals surface area contributed by atoms with Crippen molar-refractivity contribution < 1.29 is 48.4 Å². The first kappa shape index (κ1) is 29.8. The van der Waals surface area contributed by atoms with E-state index in [0.29, 0.717) is 18.1 Å². The normalized spacial score (nSPS) is 38.4. The third-order valence-corrected chi connectivity index (χ3v) is 9.88. The van der Waals surface area contributed by atoms with Gasteiger partial charge in [-0.15, -0.1) is 0 Å². The molecule has 13 nitrogen and oxygen atoms in total. The number of carbonyl (C=O) groups is 3. The third-order valence-electron chi connectivity index (χ3n) is 9.88. The van der Waals surface area contributed by atoms with E-state index >= 15 is 0 Å². The molecule has 4 N–H and O–H groups in total. The van der Waals surface area contributed by atoms with E-state index in [4.69, 9.17) is 28.9 Å². The molecule has 4 heterocycles. The number of aliphatic hydroxyl groups is 2. The fourth-order valence-electron chi connectivity index (χ4n) is 7.57. The summed E-state index contributed by atoms with van der Waals surface area (Å²) in [6.45, 7) is 1.20. The second-order valence-electron chi connectivity index (χ2n) is 12.7. The number of hydrogen-bond donors (Lipinski definition) is 4. The number of benzene rings is 1. The van der Waals surface area contributed by atoms with Gasteiger partial charge in [0.25, 0.3) is 0 Å². The number of ether oxygens (including phenoxy) is 4. The van der Waals surface area contributed by atoms with Crippen LogP contribution in [0.5, 0.6) is 0 Å². The second-order valence-corrected chi connectivity index (χ2v) is 12.7. The average molecular weight is 614 g/mol. The monoisotopic (exact) mass is 613 g/mol. The lowest BCUT2D eigenvalue weighted by Gasteiger charge is -2.49. The Labute approximate surface area is 254 Å². The van der Waals surface area contributed by atoms with Crippen molar-refractivity contribution in [2.45, 2.75) is 94.0 Å². The number of hydroxylamine groups is 2. The molecule has 6 aliphatic rings. The molecule has 2 aliphatic carbocycles. The van der Waals surface area contributed by atoms with Crippen LogP contribution in [0.1, 0.15) is 43.7 Å².